The number of rotatable bonds is 7. The third-order valence-corrected chi connectivity index (χ3v) is 19.7. The van der Waals surface area contributed by atoms with E-state index in [-0.39, 0.29) is 15.1 Å². The lowest BCUT2D eigenvalue weighted by Crippen LogP contribution is -2.72. The van der Waals surface area contributed by atoms with E-state index < -0.39 is 7.22 Å². The van der Waals surface area contributed by atoms with E-state index in [4.69, 9.17) is 0 Å². The topological polar surface area (TPSA) is 23.8 Å². The minimum Gasteiger partial charge on any atom is -0.186 e. The molecule has 0 bridgehead atoms. The molecule has 0 aliphatic carbocycles. The van der Waals surface area contributed by atoms with Crippen molar-refractivity contribution in [2.75, 3.05) is 0 Å². The van der Waals surface area contributed by atoms with Crippen molar-refractivity contribution < 1.29 is 0 Å². The van der Waals surface area contributed by atoms with Gasteiger partial charge in [-0.15, -0.1) is 0 Å². The average molecular weight is 444 g/mol. The molecular formula is C28H33NSSi. The third kappa shape index (κ3) is 3.67. The average Bonchev–Trinajstić information content (AvgIpc) is 2.78. The monoisotopic (exact) mass is 443 g/mol. The fourth-order valence-corrected chi connectivity index (χ4v) is 17.0. The van der Waals surface area contributed by atoms with Crippen LogP contribution in [0, 0.1) is 10.7 Å². The van der Waals surface area contributed by atoms with Crippen molar-refractivity contribution in [2.24, 2.45) is 0 Å². The van der Waals surface area contributed by atoms with Gasteiger partial charge in [0.05, 0.1) is 0 Å². The molecule has 0 aliphatic rings. The highest BCUT2D eigenvalue weighted by atomic mass is 32.4. The van der Waals surface area contributed by atoms with Gasteiger partial charge in [0.15, 0.2) is 7.22 Å². The van der Waals surface area contributed by atoms with Crippen molar-refractivity contribution in [3.05, 3.63) is 108 Å². The number of hydrogen-bond donors (Lipinski definition) is 0. The lowest BCUT2D eigenvalue weighted by atomic mass is 9.99. The lowest BCUT2D eigenvalue weighted by molar-refractivity contribution is 0.550. The van der Waals surface area contributed by atoms with Crippen molar-refractivity contribution in [1.82, 2.24) is 0 Å². The second-order valence-corrected chi connectivity index (χ2v) is 17.8. The first-order chi connectivity index (χ1) is 14.6. The van der Waals surface area contributed by atoms with Crippen LogP contribution in [0.15, 0.2) is 91.0 Å². The van der Waals surface area contributed by atoms with Crippen LogP contribution in [0.3, 0.4) is 0 Å². The molecule has 0 aromatic heterocycles. The maximum atomic E-state index is 10.3. The Kier molecular flexibility index (Phi) is 6.55. The molecule has 0 radical (unpaired) electrons. The maximum Gasteiger partial charge on any atom is 0.166 e. The zero-order chi connectivity index (χ0) is 22.8. The second kappa shape index (κ2) is 8.69. The van der Waals surface area contributed by atoms with E-state index in [1.54, 1.807) is 11.2 Å². The number of thiocyanates is 1. The Balaban J connectivity index is 2.43. The summed E-state index contributed by atoms with van der Waals surface area (Å²) < 4.78 is 0. The van der Waals surface area contributed by atoms with E-state index in [0.29, 0.717) is 0 Å². The molecule has 0 fully saturated rings. The molecule has 0 saturated carbocycles. The molecule has 3 rings (SSSR count). The standard InChI is InChI=1S/C28H33NSSi/c1-26(2,23-16-10-7-11-17-23)31(30-22-29,27(3,4)24-18-12-8-13-19-24)28(5,6)25-20-14-9-15-21-25/h7-21H,1-6H3. The van der Waals surface area contributed by atoms with Gasteiger partial charge in [0.25, 0.3) is 0 Å². The van der Waals surface area contributed by atoms with Crippen LogP contribution in [0.5, 0.6) is 0 Å². The summed E-state index contributed by atoms with van der Waals surface area (Å²) in [4.78, 5) is 0. The highest BCUT2D eigenvalue weighted by Gasteiger charge is 2.67. The first kappa shape index (κ1) is 23.4. The van der Waals surface area contributed by atoms with Gasteiger partial charge in [-0.05, 0) is 31.8 Å². The molecule has 31 heavy (non-hydrogen) atoms. The molecule has 0 heterocycles. The predicted octanol–water partition coefficient (Wildman–Crippen LogP) is 7.70. The largest absolute Gasteiger partial charge is 0.186 e. The van der Waals surface area contributed by atoms with E-state index in [1.807, 2.05) is 0 Å². The highest BCUT2D eigenvalue weighted by molar-refractivity contribution is 8.32. The summed E-state index contributed by atoms with van der Waals surface area (Å²) in [5.41, 5.74) is 3.91. The van der Waals surface area contributed by atoms with Crippen LogP contribution in [-0.4, -0.2) is 7.22 Å². The molecule has 0 atom stereocenters. The third-order valence-electron chi connectivity index (χ3n) is 7.33. The van der Waals surface area contributed by atoms with Crippen LogP contribution >= 0.6 is 11.2 Å². The molecule has 3 aromatic carbocycles. The smallest absolute Gasteiger partial charge is 0.166 e. The molecule has 1 nitrogen and oxygen atoms in total. The quantitative estimate of drug-likeness (QED) is 0.276. The van der Waals surface area contributed by atoms with E-state index in [2.05, 4.69) is 138 Å². The van der Waals surface area contributed by atoms with Gasteiger partial charge in [-0.2, -0.15) is 5.26 Å². The summed E-state index contributed by atoms with van der Waals surface area (Å²) in [6.07, 6.45) is 0. The number of hydrogen-bond acceptors (Lipinski definition) is 2. The van der Waals surface area contributed by atoms with Gasteiger partial charge in [-0.25, -0.2) is 0 Å². The fourth-order valence-electron chi connectivity index (χ4n) is 5.97. The van der Waals surface area contributed by atoms with Crippen molar-refractivity contribution in [3.8, 4) is 5.40 Å². The van der Waals surface area contributed by atoms with Crippen LogP contribution in [0.4, 0.5) is 0 Å². The SMILES string of the molecule is CC(C)(c1ccccc1)[Si](SC#N)(C(C)(C)c1ccccc1)C(C)(C)c1ccccc1. The van der Waals surface area contributed by atoms with Gasteiger partial charge in [-0.1, -0.05) is 144 Å². The van der Waals surface area contributed by atoms with Crippen molar-refractivity contribution in [3.63, 3.8) is 0 Å². The van der Waals surface area contributed by atoms with Crippen molar-refractivity contribution in [2.45, 2.75) is 56.7 Å². The van der Waals surface area contributed by atoms with Gasteiger partial charge in [0.1, 0.15) is 5.40 Å². The fraction of sp³-hybridized carbons (Fsp3) is 0.321. The van der Waals surface area contributed by atoms with Gasteiger partial charge in [0, 0.05) is 0 Å². The molecule has 0 unspecified atom stereocenters. The zero-order valence-electron chi connectivity index (χ0n) is 19.5. The predicted molar refractivity (Wildman–Crippen MR) is 137 cm³/mol. The van der Waals surface area contributed by atoms with Crippen LogP contribution in [0.1, 0.15) is 58.2 Å². The zero-order valence-corrected chi connectivity index (χ0v) is 21.3. The van der Waals surface area contributed by atoms with Crippen LogP contribution in [0.2, 0.25) is 0 Å². The van der Waals surface area contributed by atoms with E-state index >= 15 is 0 Å². The van der Waals surface area contributed by atoms with Crippen LogP contribution in [-0.2, 0) is 15.1 Å². The Bertz CT molecular complexity index is 909. The normalized spacial score (nSPS) is 12.9. The summed E-state index contributed by atoms with van der Waals surface area (Å²) in [7, 11) is -2.65. The first-order valence-electron chi connectivity index (χ1n) is 10.9. The molecule has 160 valence electrons. The van der Waals surface area contributed by atoms with Gasteiger partial charge < -0.3 is 0 Å². The highest BCUT2D eigenvalue weighted by Crippen LogP contribution is 2.60. The molecule has 0 amide bonds. The van der Waals surface area contributed by atoms with Crippen molar-refractivity contribution >= 4 is 18.4 Å². The Labute approximate surface area is 193 Å². The van der Waals surface area contributed by atoms with Gasteiger partial charge >= 0.3 is 0 Å². The Hall–Kier alpha value is -2.28. The van der Waals surface area contributed by atoms with Crippen LogP contribution < -0.4 is 0 Å². The van der Waals surface area contributed by atoms with Gasteiger partial charge in [-0.3, -0.25) is 0 Å². The molecule has 3 heteroatoms. The van der Waals surface area contributed by atoms with Crippen molar-refractivity contribution in [1.29, 1.82) is 5.26 Å². The Morgan fingerprint density at radius 2 is 0.806 bits per heavy atom. The minimum atomic E-state index is -2.65. The molecule has 0 aliphatic heterocycles. The van der Waals surface area contributed by atoms with E-state index in [0.717, 1.165) is 0 Å². The number of benzene rings is 3. The summed E-state index contributed by atoms with van der Waals surface area (Å²) in [5.74, 6) is 0. The molecular weight excluding hydrogens is 410 g/mol. The summed E-state index contributed by atoms with van der Waals surface area (Å²) >= 11 is 1.57. The molecule has 0 spiro atoms. The van der Waals surface area contributed by atoms with E-state index in [1.165, 1.54) is 16.7 Å². The van der Waals surface area contributed by atoms with Gasteiger partial charge in [0.2, 0.25) is 0 Å². The number of nitriles is 1. The lowest BCUT2D eigenvalue weighted by Gasteiger charge is -2.60. The summed E-state index contributed by atoms with van der Waals surface area (Å²) in [6.45, 7) is 14.2. The van der Waals surface area contributed by atoms with Crippen LogP contribution in [0.25, 0.3) is 0 Å². The Morgan fingerprint density at radius 1 is 0.548 bits per heavy atom. The summed E-state index contributed by atoms with van der Waals surface area (Å²) in [6, 6.07) is 32.4. The molecule has 0 saturated heterocycles. The minimum absolute atomic E-state index is 0.187. The number of nitrogens with zero attached hydrogens (tertiary/aromatic N) is 1. The maximum absolute atomic E-state index is 10.3. The Morgan fingerprint density at radius 3 is 1.03 bits per heavy atom. The summed E-state index contributed by atoms with van der Waals surface area (Å²) in [5, 5.41) is 12.3. The van der Waals surface area contributed by atoms with E-state index in [9.17, 15) is 5.26 Å². The second-order valence-electron chi connectivity index (χ2n) is 9.85. The first-order valence-corrected chi connectivity index (χ1v) is 14.4. The molecule has 3 aromatic rings. The molecule has 0 N–H and O–H groups in total.